The third-order valence-electron chi connectivity index (χ3n) is 1.26. The van der Waals surface area contributed by atoms with Crippen LogP contribution >= 0.6 is 0 Å². The van der Waals surface area contributed by atoms with Crippen molar-refractivity contribution in [3.05, 3.63) is 24.3 Å². The number of unbranched alkanes of at least 4 members (excludes halogenated alkanes) is 1. The lowest BCUT2D eigenvalue weighted by Crippen LogP contribution is -2.15. The summed E-state index contributed by atoms with van der Waals surface area (Å²) in [5.41, 5.74) is 2.88. The normalized spacial score (nSPS) is 10.7. The third-order valence-corrected chi connectivity index (χ3v) is 1.26. The Morgan fingerprint density at radius 1 is 0.929 bits per heavy atom. The summed E-state index contributed by atoms with van der Waals surface area (Å²) in [6, 6.07) is 0. The van der Waals surface area contributed by atoms with E-state index in [1.54, 1.807) is 12.2 Å². The molecule has 0 aromatic carbocycles. The molecule has 0 saturated heterocycles. The van der Waals surface area contributed by atoms with Gasteiger partial charge in [0.2, 0.25) is 0 Å². The summed E-state index contributed by atoms with van der Waals surface area (Å²) in [6.07, 6.45) is 6.57. The zero-order valence-electron chi connectivity index (χ0n) is 7.43. The zero-order chi connectivity index (χ0) is 10.8. The Morgan fingerprint density at radius 3 is 1.57 bits per heavy atom. The molecule has 0 heterocycles. The van der Waals surface area contributed by atoms with Gasteiger partial charge in [-0.15, -0.1) is 0 Å². The molecule has 0 aromatic heterocycles. The van der Waals surface area contributed by atoms with Crippen LogP contribution in [0.25, 0.3) is 0 Å². The van der Waals surface area contributed by atoms with Gasteiger partial charge in [-0.3, -0.25) is 20.0 Å². The number of hydrogen-bond acceptors (Lipinski definition) is 4. The average Bonchev–Trinajstić information content (AvgIpc) is 2.22. The highest BCUT2D eigenvalue weighted by Gasteiger charge is 1.89. The first-order valence-corrected chi connectivity index (χ1v) is 3.92. The van der Waals surface area contributed by atoms with Crippen molar-refractivity contribution in [3.8, 4) is 0 Å². The first kappa shape index (κ1) is 12.3. The Bertz CT molecular complexity index is 222. The molecule has 0 aliphatic rings. The maximum Gasteiger partial charge on any atom is 0.267 e. The highest BCUT2D eigenvalue weighted by molar-refractivity contribution is 5.86. The second kappa shape index (κ2) is 7.96. The molecule has 4 N–H and O–H groups in total. The predicted octanol–water partition coefficient (Wildman–Crippen LogP) is -0.110. The molecule has 0 unspecified atom stereocenters. The van der Waals surface area contributed by atoms with Crippen molar-refractivity contribution in [2.75, 3.05) is 0 Å². The summed E-state index contributed by atoms with van der Waals surface area (Å²) in [5, 5.41) is 16.2. The molecule has 0 spiro atoms. The van der Waals surface area contributed by atoms with E-state index in [1.807, 2.05) is 0 Å². The molecule has 0 aliphatic heterocycles. The van der Waals surface area contributed by atoms with Crippen molar-refractivity contribution in [3.63, 3.8) is 0 Å². The van der Waals surface area contributed by atoms with Gasteiger partial charge in [0.05, 0.1) is 0 Å². The molecule has 0 saturated carbocycles. The molecule has 0 bridgehead atoms. The van der Waals surface area contributed by atoms with Gasteiger partial charge in [-0.05, 0) is 12.8 Å². The fraction of sp³-hybridized carbons (Fsp3) is 0.250. The number of hydrogen-bond donors (Lipinski definition) is 4. The lowest BCUT2D eigenvalue weighted by molar-refractivity contribution is -0.124. The van der Waals surface area contributed by atoms with E-state index in [1.165, 1.54) is 23.1 Å². The van der Waals surface area contributed by atoms with E-state index >= 15 is 0 Å². The van der Waals surface area contributed by atoms with Crippen LogP contribution in [0.1, 0.15) is 12.8 Å². The van der Waals surface area contributed by atoms with Crippen molar-refractivity contribution in [2.24, 2.45) is 0 Å². The van der Waals surface area contributed by atoms with Gasteiger partial charge in [-0.1, -0.05) is 12.2 Å². The lowest BCUT2D eigenvalue weighted by Gasteiger charge is -1.89. The summed E-state index contributed by atoms with van der Waals surface area (Å²) in [4.78, 5) is 20.9. The Labute approximate surface area is 80.8 Å². The van der Waals surface area contributed by atoms with Crippen LogP contribution in [0.2, 0.25) is 0 Å². The Hall–Kier alpha value is -1.66. The molecule has 6 nitrogen and oxygen atoms in total. The maximum absolute atomic E-state index is 10.4. The van der Waals surface area contributed by atoms with Crippen molar-refractivity contribution in [2.45, 2.75) is 12.8 Å². The highest BCUT2D eigenvalue weighted by Crippen LogP contribution is 1.92. The molecule has 14 heavy (non-hydrogen) atoms. The van der Waals surface area contributed by atoms with Gasteiger partial charge in [-0.25, -0.2) is 11.0 Å². The number of carbonyl (C=O) groups is 2. The first-order chi connectivity index (χ1) is 6.70. The molecule has 0 atom stereocenters. The molecule has 6 heteroatoms. The Morgan fingerprint density at radius 2 is 1.29 bits per heavy atom. The van der Waals surface area contributed by atoms with Gasteiger partial charge >= 0.3 is 0 Å². The minimum atomic E-state index is -0.595. The molecule has 0 radical (unpaired) electrons. The lowest BCUT2D eigenvalue weighted by atomic mass is 10.2. The van der Waals surface area contributed by atoms with Crippen molar-refractivity contribution < 1.29 is 20.0 Å². The molecule has 0 aromatic rings. The van der Waals surface area contributed by atoms with Gasteiger partial charge in [-0.2, -0.15) is 0 Å². The van der Waals surface area contributed by atoms with Gasteiger partial charge in [0, 0.05) is 12.2 Å². The smallest absolute Gasteiger partial charge is 0.267 e. The number of rotatable bonds is 5. The van der Waals surface area contributed by atoms with E-state index in [9.17, 15) is 9.59 Å². The van der Waals surface area contributed by atoms with Crippen LogP contribution in [0.4, 0.5) is 0 Å². The topological polar surface area (TPSA) is 98.7 Å². The number of allylic oxidation sites excluding steroid dienone is 2. The molecule has 2 amide bonds. The van der Waals surface area contributed by atoms with E-state index < -0.39 is 11.8 Å². The van der Waals surface area contributed by atoms with Gasteiger partial charge in [0.25, 0.3) is 11.8 Å². The van der Waals surface area contributed by atoms with Crippen LogP contribution in [0, 0.1) is 0 Å². The monoisotopic (exact) mass is 200 g/mol. The largest absolute Gasteiger partial charge is 0.288 e. The van der Waals surface area contributed by atoms with E-state index in [2.05, 4.69) is 0 Å². The SMILES string of the molecule is O=C(C=CCCC=CC(=O)NO)NO. The van der Waals surface area contributed by atoms with Gasteiger partial charge in [0.15, 0.2) is 0 Å². The Kier molecular flexibility index (Phi) is 7.02. The summed E-state index contributed by atoms with van der Waals surface area (Å²) in [6.45, 7) is 0. The van der Waals surface area contributed by atoms with Crippen molar-refractivity contribution in [1.29, 1.82) is 0 Å². The maximum atomic E-state index is 10.4. The minimum absolute atomic E-state index is 0.558. The number of nitrogens with one attached hydrogen (secondary N) is 2. The zero-order valence-corrected chi connectivity index (χ0v) is 7.43. The van der Waals surface area contributed by atoms with E-state index in [-0.39, 0.29) is 0 Å². The van der Waals surface area contributed by atoms with Gasteiger partial charge in [0.1, 0.15) is 0 Å². The van der Waals surface area contributed by atoms with Crippen molar-refractivity contribution >= 4 is 11.8 Å². The number of hydroxylamine groups is 2. The number of carbonyl (C=O) groups excluding carboxylic acids is 2. The van der Waals surface area contributed by atoms with E-state index in [0.717, 1.165) is 0 Å². The fourth-order valence-corrected chi connectivity index (χ4v) is 0.648. The van der Waals surface area contributed by atoms with E-state index in [4.69, 9.17) is 10.4 Å². The minimum Gasteiger partial charge on any atom is -0.288 e. The summed E-state index contributed by atoms with van der Waals surface area (Å²) >= 11 is 0. The van der Waals surface area contributed by atoms with E-state index in [0.29, 0.717) is 12.8 Å². The summed E-state index contributed by atoms with van der Waals surface area (Å²) < 4.78 is 0. The molecule has 0 fully saturated rings. The number of amides is 2. The highest BCUT2D eigenvalue weighted by atomic mass is 16.5. The second-order valence-corrected chi connectivity index (χ2v) is 2.33. The molecular formula is C8H12N2O4. The Balaban J connectivity index is 3.56. The van der Waals surface area contributed by atoms with Crippen LogP contribution in [0.15, 0.2) is 24.3 Å². The predicted molar refractivity (Wildman–Crippen MR) is 47.4 cm³/mol. The summed E-state index contributed by atoms with van der Waals surface area (Å²) in [5.74, 6) is -1.19. The van der Waals surface area contributed by atoms with Crippen LogP contribution in [-0.4, -0.2) is 22.2 Å². The average molecular weight is 200 g/mol. The molecule has 78 valence electrons. The fourth-order valence-electron chi connectivity index (χ4n) is 0.648. The summed E-state index contributed by atoms with van der Waals surface area (Å²) in [7, 11) is 0. The quantitative estimate of drug-likeness (QED) is 0.215. The van der Waals surface area contributed by atoms with Crippen LogP contribution in [-0.2, 0) is 9.59 Å². The van der Waals surface area contributed by atoms with Crippen LogP contribution in [0.3, 0.4) is 0 Å². The molecule has 0 aliphatic carbocycles. The van der Waals surface area contributed by atoms with Crippen LogP contribution < -0.4 is 11.0 Å². The molecular weight excluding hydrogens is 188 g/mol. The first-order valence-electron chi connectivity index (χ1n) is 3.92. The van der Waals surface area contributed by atoms with Crippen LogP contribution in [0.5, 0.6) is 0 Å². The van der Waals surface area contributed by atoms with Crippen molar-refractivity contribution in [1.82, 2.24) is 11.0 Å². The standard InChI is InChI=1S/C8H12N2O4/c11-7(9-13)5-3-1-2-4-6-8(12)10-14/h3-6,13-14H,1-2H2,(H,9,11)(H,10,12). The third kappa shape index (κ3) is 7.01. The second-order valence-electron chi connectivity index (χ2n) is 2.33. The van der Waals surface area contributed by atoms with Gasteiger partial charge < -0.3 is 0 Å². The molecule has 0 rings (SSSR count).